The standard InChI is InChI=1S/C15H20N2O2/c1-10(2)13-16-17-14(18-13)11-6-8-12(9-7-11)19-15(3,4)5/h6-10H,1-5H3. The molecule has 0 amide bonds. The Morgan fingerprint density at radius 2 is 1.68 bits per heavy atom. The summed E-state index contributed by atoms with van der Waals surface area (Å²) in [7, 11) is 0. The van der Waals surface area contributed by atoms with Crippen molar-refractivity contribution in [3.8, 4) is 17.2 Å². The van der Waals surface area contributed by atoms with E-state index < -0.39 is 0 Å². The first-order valence-electron chi connectivity index (χ1n) is 6.48. The third kappa shape index (κ3) is 3.56. The highest BCUT2D eigenvalue weighted by Gasteiger charge is 2.13. The normalized spacial score (nSPS) is 11.9. The van der Waals surface area contributed by atoms with E-state index in [0.29, 0.717) is 11.8 Å². The van der Waals surface area contributed by atoms with Gasteiger partial charge in [0.2, 0.25) is 11.8 Å². The molecule has 0 atom stereocenters. The second kappa shape index (κ2) is 5.03. The van der Waals surface area contributed by atoms with E-state index in [2.05, 4.69) is 10.2 Å². The van der Waals surface area contributed by atoms with Crippen LogP contribution in [-0.4, -0.2) is 15.8 Å². The molecule has 0 N–H and O–H groups in total. The van der Waals surface area contributed by atoms with E-state index in [0.717, 1.165) is 11.3 Å². The minimum Gasteiger partial charge on any atom is -0.488 e. The molecule has 1 heterocycles. The van der Waals surface area contributed by atoms with Crippen LogP contribution in [0.5, 0.6) is 5.75 Å². The number of rotatable bonds is 3. The van der Waals surface area contributed by atoms with E-state index in [9.17, 15) is 0 Å². The predicted molar refractivity (Wildman–Crippen MR) is 74.2 cm³/mol. The second-order valence-corrected chi connectivity index (χ2v) is 5.84. The van der Waals surface area contributed by atoms with Crippen LogP contribution in [-0.2, 0) is 0 Å². The van der Waals surface area contributed by atoms with E-state index in [-0.39, 0.29) is 11.5 Å². The predicted octanol–water partition coefficient (Wildman–Crippen LogP) is 4.04. The van der Waals surface area contributed by atoms with Gasteiger partial charge >= 0.3 is 0 Å². The summed E-state index contributed by atoms with van der Waals surface area (Å²) in [5, 5.41) is 8.08. The van der Waals surface area contributed by atoms with E-state index in [4.69, 9.17) is 9.15 Å². The summed E-state index contributed by atoms with van der Waals surface area (Å²) >= 11 is 0. The van der Waals surface area contributed by atoms with E-state index in [1.165, 1.54) is 0 Å². The first-order valence-corrected chi connectivity index (χ1v) is 6.48. The van der Waals surface area contributed by atoms with Crippen molar-refractivity contribution in [2.45, 2.75) is 46.1 Å². The van der Waals surface area contributed by atoms with Crippen molar-refractivity contribution in [1.82, 2.24) is 10.2 Å². The average molecular weight is 260 g/mol. The summed E-state index contributed by atoms with van der Waals surface area (Å²) in [5.74, 6) is 2.28. The SMILES string of the molecule is CC(C)c1nnc(-c2ccc(OC(C)(C)C)cc2)o1. The quantitative estimate of drug-likeness (QED) is 0.835. The topological polar surface area (TPSA) is 48.2 Å². The molecule has 102 valence electrons. The van der Waals surface area contributed by atoms with Gasteiger partial charge in [0, 0.05) is 11.5 Å². The maximum absolute atomic E-state index is 5.77. The fraction of sp³-hybridized carbons (Fsp3) is 0.467. The minimum atomic E-state index is -0.198. The van der Waals surface area contributed by atoms with Gasteiger partial charge in [0.25, 0.3) is 0 Å². The number of nitrogens with zero attached hydrogens (tertiary/aromatic N) is 2. The summed E-state index contributed by atoms with van der Waals surface area (Å²) in [6.45, 7) is 10.1. The summed E-state index contributed by atoms with van der Waals surface area (Å²) in [4.78, 5) is 0. The molecule has 0 aliphatic carbocycles. The van der Waals surface area contributed by atoms with E-state index in [1.54, 1.807) is 0 Å². The molecule has 1 aromatic carbocycles. The first kappa shape index (κ1) is 13.6. The van der Waals surface area contributed by atoms with Crippen molar-refractivity contribution in [1.29, 1.82) is 0 Å². The maximum Gasteiger partial charge on any atom is 0.247 e. The van der Waals surface area contributed by atoms with Crippen molar-refractivity contribution in [2.75, 3.05) is 0 Å². The second-order valence-electron chi connectivity index (χ2n) is 5.84. The number of hydrogen-bond acceptors (Lipinski definition) is 4. The Bertz CT molecular complexity index is 536. The molecule has 0 aliphatic heterocycles. The Hall–Kier alpha value is -1.84. The highest BCUT2D eigenvalue weighted by molar-refractivity contribution is 5.54. The zero-order valence-corrected chi connectivity index (χ0v) is 12.1. The molecule has 19 heavy (non-hydrogen) atoms. The number of aromatic nitrogens is 2. The van der Waals surface area contributed by atoms with Crippen molar-refractivity contribution >= 4 is 0 Å². The average Bonchev–Trinajstić information content (AvgIpc) is 2.77. The van der Waals surface area contributed by atoms with Gasteiger partial charge in [-0.1, -0.05) is 13.8 Å². The summed E-state index contributed by atoms with van der Waals surface area (Å²) in [5.41, 5.74) is 0.706. The number of ether oxygens (including phenoxy) is 1. The van der Waals surface area contributed by atoms with Crippen molar-refractivity contribution in [3.05, 3.63) is 30.2 Å². The summed E-state index contributed by atoms with van der Waals surface area (Å²) < 4.78 is 11.4. The molecular formula is C15H20N2O2. The van der Waals surface area contributed by atoms with E-state index in [1.807, 2.05) is 58.9 Å². The zero-order chi connectivity index (χ0) is 14.0. The smallest absolute Gasteiger partial charge is 0.247 e. The van der Waals surface area contributed by atoms with Crippen molar-refractivity contribution < 1.29 is 9.15 Å². The molecule has 0 saturated heterocycles. The van der Waals surface area contributed by atoms with Crippen LogP contribution in [0.15, 0.2) is 28.7 Å². The highest BCUT2D eigenvalue weighted by atomic mass is 16.5. The van der Waals surface area contributed by atoms with Crippen LogP contribution in [0, 0.1) is 0 Å². The molecule has 1 aromatic heterocycles. The minimum absolute atomic E-state index is 0.198. The third-order valence-corrected chi connectivity index (χ3v) is 2.46. The van der Waals surface area contributed by atoms with E-state index >= 15 is 0 Å². The van der Waals surface area contributed by atoms with Crippen LogP contribution < -0.4 is 4.74 Å². The van der Waals surface area contributed by atoms with Gasteiger partial charge < -0.3 is 9.15 Å². The lowest BCUT2D eigenvalue weighted by molar-refractivity contribution is 0.131. The molecule has 2 rings (SSSR count). The zero-order valence-electron chi connectivity index (χ0n) is 12.1. The molecule has 0 bridgehead atoms. The Labute approximate surface area is 113 Å². The molecule has 0 fully saturated rings. The van der Waals surface area contributed by atoms with Crippen LogP contribution >= 0.6 is 0 Å². The van der Waals surface area contributed by atoms with Crippen molar-refractivity contribution in [3.63, 3.8) is 0 Å². The monoisotopic (exact) mass is 260 g/mol. The fourth-order valence-corrected chi connectivity index (χ4v) is 1.60. The largest absolute Gasteiger partial charge is 0.488 e. The molecular weight excluding hydrogens is 240 g/mol. The van der Waals surface area contributed by atoms with Gasteiger partial charge in [-0.2, -0.15) is 0 Å². The highest BCUT2D eigenvalue weighted by Crippen LogP contribution is 2.25. The van der Waals surface area contributed by atoms with Gasteiger partial charge in [0.15, 0.2) is 0 Å². The van der Waals surface area contributed by atoms with Crippen LogP contribution in [0.2, 0.25) is 0 Å². The Kier molecular flexibility index (Phi) is 3.60. The van der Waals surface area contributed by atoms with Crippen LogP contribution in [0.3, 0.4) is 0 Å². The molecule has 2 aromatic rings. The molecule has 0 spiro atoms. The Morgan fingerprint density at radius 3 is 2.16 bits per heavy atom. The van der Waals surface area contributed by atoms with Crippen LogP contribution in [0.25, 0.3) is 11.5 Å². The molecule has 0 aliphatic rings. The van der Waals surface area contributed by atoms with Gasteiger partial charge in [-0.3, -0.25) is 0 Å². The number of benzene rings is 1. The van der Waals surface area contributed by atoms with Crippen molar-refractivity contribution in [2.24, 2.45) is 0 Å². The van der Waals surface area contributed by atoms with Gasteiger partial charge in [-0.05, 0) is 45.0 Å². The lowest BCUT2D eigenvalue weighted by atomic mass is 10.1. The Morgan fingerprint density at radius 1 is 1.05 bits per heavy atom. The maximum atomic E-state index is 5.77. The molecule has 0 unspecified atom stereocenters. The van der Waals surface area contributed by atoms with Gasteiger partial charge in [0.1, 0.15) is 11.4 Å². The van der Waals surface area contributed by atoms with Crippen LogP contribution in [0.4, 0.5) is 0 Å². The molecule has 0 saturated carbocycles. The van der Waals surface area contributed by atoms with Crippen LogP contribution in [0.1, 0.15) is 46.4 Å². The molecule has 4 heteroatoms. The lowest BCUT2D eigenvalue weighted by Crippen LogP contribution is -2.22. The molecule has 4 nitrogen and oxygen atoms in total. The summed E-state index contributed by atoms with van der Waals surface area (Å²) in [6, 6.07) is 7.69. The number of hydrogen-bond donors (Lipinski definition) is 0. The van der Waals surface area contributed by atoms with Gasteiger partial charge in [-0.25, -0.2) is 0 Å². The first-order chi connectivity index (χ1) is 8.85. The lowest BCUT2D eigenvalue weighted by Gasteiger charge is -2.21. The fourth-order valence-electron chi connectivity index (χ4n) is 1.60. The molecule has 0 radical (unpaired) electrons. The third-order valence-electron chi connectivity index (χ3n) is 2.46. The Balaban J connectivity index is 2.17. The van der Waals surface area contributed by atoms with Gasteiger partial charge in [0.05, 0.1) is 0 Å². The summed E-state index contributed by atoms with van der Waals surface area (Å²) in [6.07, 6.45) is 0. The van der Waals surface area contributed by atoms with Gasteiger partial charge in [-0.15, -0.1) is 10.2 Å².